The Bertz CT molecular complexity index is 722. The fraction of sp³-hybridized carbons (Fsp3) is 0.250. The van der Waals surface area contributed by atoms with Gasteiger partial charge in [0.25, 0.3) is 0 Å². The summed E-state index contributed by atoms with van der Waals surface area (Å²) in [6.07, 6.45) is 3.66. The number of esters is 1. The summed E-state index contributed by atoms with van der Waals surface area (Å²) < 4.78 is 6.65. The van der Waals surface area contributed by atoms with Crippen molar-refractivity contribution in [3.8, 4) is 0 Å². The molecule has 2 rings (SSSR count). The lowest BCUT2D eigenvalue weighted by Gasteiger charge is -2.11. The fourth-order valence-electron chi connectivity index (χ4n) is 2.09. The summed E-state index contributed by atoms with van der Waals surface area (Å²) in [7, 11) is 0. The molecule has 0 spiro atoms. The molecule has 1 aromatic heterocycles. The quantitative estimate of drug-likeness (QED) is 0.354. The summed E-state index contributed by atoms with van der Waals surface area (Å²) in [5.74, 6) is -0.119. The van der Waals surface area contributed by atoms with E-state index in [0.717, 1.165) is 5.56 Å². The van der Waals surface area contributed by atoms with Crippen molar-refractivity contribution in [2.24, 2.45) is 0 Å². The summed E-state index contributed by atoms with van der Waals surface area (Å²) in [6.45, 7) is 3.52. The van der Waals surface area contributed by atoms with Gasteiger partial charge in [-0.2, -0.15) is 0 Å². The highest BCUT2D eigenvalue weighted by Crippen LogP contribution is 2.15. The molecule has 0 aliphatic rings. The standard InChI is InChI=1S/C16H17N3O4/c1-12(11-18-13(2)17-10-15(18)19(21)22)23-16(20)9-8-14-6-4-3-5-7-14/h3-10,12H,11H2,1-2H3/b9-8+. The summed E-state index contributed by atoms with van der Waals surface area (Å²) in [6, 6.07) is 9.36. The minimum absolute atomic E-state index is 0.120. The number of carbonyl (C=O) groups is 1. The van der Waals surface area contributed by atoms with E-state index in [1.807, 2.05) is 30.3 Å². The molecule has 120 valence electrons. The van der Waals surface area contributed by atoms with Gasteiger partial charge in [-0.1, -0.05) is 30.3 Å². The molecular weight excluding hydrogens is 298 g/mol. The number of rotatable bonds is 6. The molecule has 7 nitrogen and oxygen atoms in total. The van der Waals surface area contributed by atoms with Gasteiger partial charge in [0.2, 0.25) is 0 Å². The topological polar surface area (TPSA) is 87.3 Å². The van der Waals surface area contributed by atoms with E-state index in [0.29, 0.717) is 5.82 Å². The zero-order valence-electron chi connectivity index (χ0n) is 12.9. The van der Waals surface area contributed by atoms with Crippen LogP contribution in [0.3, 0.4) is 0 Å². The Labute approximate surface area is 133 Å². The zero-order valence-corrected chi connectivity index (χ0v) is 12.9. The molecule has 23 heavy (non-hydrogen) atoms. The largest absolute Gasteiger partial charge is 0.455 e. The van der Waals surface area contributed by atoms with Crippen LogP contribution in [-0.2, 0) is 16.1 Å². The van der Waals surface area contributed by atoms with Crippen molar-refractivity contribution in [1.29, 1.82) is 0 Å². The number of nitro groups is 1. The first-order valence-electron chi connectivity index (χ1n) is 7.07. The lowest BCUT2D eigenvalue weighted by atomic mass is 10.2. The maximum Gasteiger partial charge on any atom is 0.342 e. The van der Waals surface area contributed by atoms with E-state index in [4.69, 9.17) is 4.74 Å². The second-order valence-electron chi connectivity index (χ2n) is 5.02. The van der Waals surface area contributed by atoms with Gasteiger partial charge < -0.3 is 14.9 Å². The molecule has 0 radical (unpaired) electrons. The van der Waals surface area contributed by atoms with Crippen LogP contribution < -0.4 is 0 Å². The molecule has 1 heterocycles. The first kappa shape index (κ1) is 16.4. The van der Waals surface area contributed by atoms with Crippen LogP contribution in [0.5, 0.6) is 0 Å². The van der Waals surface area contributed by atoms with Gasteiger partial charge in [0.1, 0.15) is 18.8 Å². The summed E-state index contributed by atoms with van der Waals surface area (Å²) in [5.41, 5.74) is 0.887. The smallest absolute Gasteiger partial charge is 0.342 e. The van der Waals surface area contributed by atoms with Crippen molar-refractivity contribution < 1.29 is 14.5 Å². The molecule has 0 N–H and O–H groups in total. The van der Waals surface area contributed by atoms with Gasteiger partial charge in [0.05, 0.1) is 0 Å². The third-order valence-electron chi connectivity index (χ3n) is 3.19. The van der Waals surface area contributed by atoms with E-state index in [-0.39, 0.29) is 12.4 Å². The van der Waals surface area contributed by atoms with Crippen molar-refractivity contribution >= 4 is 17.9 Å². The number of benzene rings is 1. The zero-order chi connectivity index (χ0) is 16.8. The maximum atomic E-state index is 11.8. The Balaban J connectivity index is 1.96. The van der Waals surface area contributed by atoms with Gasteiger partial charge in [0.15, 0.2) is 5.82 Å². The molecule has 0 saturated heterocycles. The molecule has 1 aromatic carbocycles. The van der Waals surface area contributed by atoms with Crippen molar-refractivity contribution in [3.05, 3.63) is 64.1 Å². The number of nitrogens with zero attached hydrogens (tertiary/aromatic N) is 3. The van der Waals surface area contributed by atoms with Crippen molar-refractivity contribution in [3.63, 3.8) is 0 Å². The molecule has 0 fully saturated rings. The van der Waals surface area contributed by atoms with Crippen LogP contribution in [0.4, 0.5) is 5.82 Å². The summed E-state index contributed by atoms with van der Waals surface area (Å²) >= 11 is 0. The third kappa shape index (κ3) is 4.50. The number of imidazole rings is 1. The van der Waals surface area contributed by atoms with Gasteiger partial charge in [-0.3, -0.25) is 0 Å². The van der Waals surface area contributed by atoms with Gasteiger partial charge in [-0.15, -0.1) is 0 Å². The molecule has 1 atom stereocenters. The predicted octanol–water partition coefficient (Wildman–Crippen LogP) is 2.74. The van der Waals surface area contributed by atoms with Gasteiger partial charge in [-0.05, 0) is 23.5 Å². The number of aromatic nitrogens is 2. The first-order chi connectivity index (χ1) is 11.0. The number of hydrogen-bond donors (Lipinski definition) is 0. The van der Waals surface area contributed by atoms with Crippen molar-refractivity contribution in [2.45, 2.75) is 26.5 Å². The minimum Gasteiger partial charge on any atom is -0.455 e. The molecule has 0 saturated carbocycles. The molecule has 1 unspecified atom stereocenters. The maximum absolute atomic E-state index is 11.8. The van der Waals surface area contributed by atoms with Crippen molar-refractivity contribution in [2.75, 3.05) is 0 Å². The Kier molecular flexibility index (Phi) is 5.24. The number of aryl methyl sites for hydroxylation is 1. The normalized spacial score (nSPS) is 12.3. The highest BCUT2D eigenvalue weighted by Gasteiger charge is 2.20. The number of carbonyl (C=O) groups excluding carboxylic acids is 1. The van der Waals surface area contributed by atoms with Gasteiger partial charge >= 0.3 is 11.8 Å². The van der Waals surface area contributed by atoms with E-state index in [2.05, 4.69) is 4.98 Å². The Morgan fingerprint density at radius 3 is 2.78 bits per heavy atom. The molecule has 0 aliphatic carbocycles. The van der Waals surface area contributed by atoms with Crippen LogP contribution in [0.2, 0.25) is 0 Å². The van der Waals surface area contributed by atoms with Crippen LogP contribution in [0.15, 0.2) is 42.6 Å². The van der Waals surface area contributed by atoms with E-state index in [9.17, 15) is 14.9 Å². The second-order valence-corrected chi connectivity index (χ2v) is 5.02. The van der Waals surface area contributed by atoms with Crippen LogP contribution >= 0.6 is 0 Å². The minimum atomic E-state index is -0.519. The SMILES string of the molecule is Cc1ncc([N+](=O)[O-])n1CC(C)OC(=O)/C=C/c1ccccc1. The highest BCUT2D eigenvalue weighted by atomic mass is 16.6. The van der Waals surface area contributed by atoms with Crippen molar-refractivity contribution in [1.82, 2.24) is 9.55 Å². The fourth-order valence-corrected chi connectivity index (χ4v) is 2.09. The van der Waals surface area contributed by atoms with Gasteiger partial charge in [0, 0.05) is 13.0 Å². The average Bonchev–Trinajstić information content (AvgIpc) is 2.87. The van der Waals surface area contributed by atoms with E-state index >= 15 is 0 Å². The Morgan fingerprint density at radius 2 is 2.13 bits per heavy atom. The van der Waals surface area contributed by atoms with Crippen LogP contribution in [0.25, 0.3) is 6.08 Å². The Hall–Kier alpha value is -2.96. The number of hydrogen-bond acceptors (Lipinski definition) is 5. The second kappa shape index (κ2) is 7.35. The predicted molar refractivity (Wildman–Crippen MR) is 84.6 cm³/mol. The molecular formula is C16H17N3O4. The Morgan fingerprint density at radius 1 is 1.43 bits per heavy atom. The first-order valence-corrected chi connectivity index (χ1v) is 7.07. The van der Waals surface area contributed by atoms with E-state index < -0.39 is 17.0 Å². The molecule has 2 aromatic rings. The highest BCUT2D eigenvalue weighted by molar-refractivity contribution is 5.87. The van der Waals surface area contributed by atoms with Gasteiger partial charge in [-0.25, -0.2) is 14.3 Å². The van der Waals surface area contributed by atoms with Crippen LogP contribution in [-0.4, -0.2) is 26.5 Å². The lowest BCUT2D eigenvalue weighted by Crippen LogP contribution is -2.21. The summed E-state index contributed by atoms with van der Waals surface area (Å²) in [4.78, 5) is 26.1. The molecule has 0 aliphatic heterocycles. The molecule has 7 heteroatoms. The molecule has 0 amide bonds. The third-order valence-corrected chi connectivity index (χ3v) is 3.19. The van der Waals surface area contributed by atoms with E-state index in [1.54, 1.807) is 19.9 Å². The van der Waals surface area contributed by atoms with E-state index in [1.165, 1.54) is 16.8 Å². The molecule has 0 bridgehead atoms. The summed E-state index contributed by atoms with van der Waals surface area (Å²) in [5, 5.41) is 10.9. The monoisotopic (exact) mass is 315 g/mol. The lowest BCUT2D eigenvalue weighted by molar-refractivity contribution is -0.392. The van der Waals surface area contributed by atoms with Crippen LogP contribution in [0, 0.1) is 17.0 Å². The average molecular weight is 315 g/mol. The van der Waals surface area contributed by atoms with Crippen LogP contribution in [0.1, 0.15) is 18.3 Å². The number of ether oxygens (including phenoxy) is 1.